The van der Waals surface area contributed by atoms with E-state index in [0.717, 1.165) is 0 Å². The van der Waals surface area contributed by atoms with E-state index in [0.29, 0.717) is 32.2 Å². The number of carbonyl (C=O) groups excluding carboxylic acids is 2. The fourth-order valence-electron chi connectivity index (χ4n) is 2.17. The lowest BCUT2D eigenvalue weighted by atomic mass is 10.1. The van der Waals surface area contributed by atoms with Crippen LogP contribution in [-0.4, -0.2) is 71.8 Å². The number of carbonyl (C=O) groups is 3. The highest BCUT2D eigenvalue weighted by atomic mass is 16.4. The largest absolute Gasteiger partial charge is 0.480 e. The number of rotatable bonds is 14. The molecule has 27 heavy (non-hydrogen) atoms. The standard InChI is InChI=1S/C15H31N7O5/c16-6-2-1-4-9(17)12(24)22-11(8-23)13(25)21-10(14(26)27)5-3-7-20-15(18)19/h9-11,23H,1-8,16-17H2,(H,21,25)(H,22,24)(H,26,27)(H4,18,19,20)/t9-,10-,11-/m0/s1. The van der Waals surface area contributed by atoms with Crippen molar-refractivity contribution in [2.24, 2.45) is 17.2 Å². The van der Waals surface area contributed by atoms with Crippen molar-refractivity contribution in [2.75, 3.05) is 19.7 Å². The van der Waals surface area contributed by atoms with E-state index in [4.69, 9.17) is 22.6 Å². The summed E-state index contributed by atoms with van der Waals surface area (Å²) in [5, 5.41) is 32.6. The van der Waals surface area contributed by atoms with Gasteiger partial charge in [0.05, 0.1) is 12.6 Å². The van der Waals surface area contributed by atoms with E-state index in [2.05, 4.69) is 16.0 Å². The maximum atomic E-state index is 12.2. The van der Waals surface area contributed by atoms with Gasteiger partial charge in [-0.05, 0) is 32.2 Å². The minimum absolute atomic E-state index is 0.0754. The lowest BCUT2D eigenvalue weighted by Crippen LogP contribution is -2.55. The molecule has 0 aliphatic carbocycles. The molecule has 3 atom stereocenters. The summed E-state index contributed by atoms with van der Waals surface area (Å²) < 4.78 is 0. The van der Waals surface area contributed by atoms with Crippen molar-refractivity contribution in [1.82, 2.24) is 16.0 Å². The number of amides is 2. The smallest absolute Gasteiger partial charge is 0.326 e. The zero-order valence-corrected chi connectivity index (χ0v) is 15.2. The van der Waals surface area contributed by atoms with Crippen molar-refractivity contribution in [3.63, 3.8) is 0 Å². The first-order valence-electron chi connectivity index (χ1n) is 8.70. The number of hydrogen-bond acceptors (Lipinski definition) is 7. The Morgan fingerprint density at radius 3 is 2.15 bits per heavy atom. The summed E-state index contributed by atoms with van der Waals surface area (Å²) in [6.07, 6.45) is 2.15. The quantitative estimate of drug-likeness (QED) is 0.0823. The summed E-state index contributed by atoms with van der Waals surface area (Å²) in [6.45, 7) is 0.0483. The van der Waals surface area contributed by atoms with Crippen LogP contribution in [-0.2, 0) is 14.4 Å². The predicted octanol–water partition coefficient (Wildman–Crippen LogP) is -3.25. The molecule has 0 spiro atoms. The van der Waals surface area contributed by atoms with Gasteiger partial charge in [0.25, 0.3) is 0 Å². The second-order valence-electron chi connectivity index (χ2n) is 6.02. The Morgan fingerprint density at radius 1 is 1.00 bits per heavy atom. The van der Waals surface area contributed by atoms with Gasteiger partial charge in [-0.3, -0.25) is 15.0 Å². The summed E-state index contributed by atoms with van der Waals surface area (Å²) in [6, 6.07) is -3.38. The number of aliphatic hydroxyl groups excluding tert-OH is 1. The molecule has 0 aromatic rings. The molecule has 12 heteroatoms. The van der Waals surface area contributed by atoms with E-state index in [1.54, 1.807) is 0 Å². The Kier molecular flexibility index (Phi) is 12.5. The number of carboxylic acid groups (broad SMARTS) is 1. The SMILES string of the molecule is N=C(N)NCCC[C@H](NC(=O)[C@H](CO)NC(=O)[C@@H](N)CCCCN)C(=O)O. The van der Waals surface area contributed by atoms with Crippen LogP contribution in [0, 0.1) is 5.41 Å². The highest BCUT2D eigenvalue weighted by Gasteiger charge is 2.27. The number of guanidine groups is 1. The molecule has 0 rings (SSSR count). The minimum Gasteiger partial charge on any atom is -0.480 e. The average molecular weight is 389 g/mol. The third kappa shape index (κ3) is 11.0. The Bertz CT molecular complexity index is 503. The van der Waals surface area contributed by atoms with E-state index in [1.165, 1.54) is 0 Å². The van der Waals surface area contributed by atoms with Crippen LogP contribution in [0.25, 0.3) is 0 Å². The van der Waals surface area contributed by atoms with Crippen LogP contribution in [0.3, 0.4) is 0 Å². The van der Waals surface area contributed by atoms with E-state index in [1.807, 2.05) is 0 Å². The molecule has 156 valence electrons. The summed E-state index contributed by atoms with van der Waals surface area (Å²) in [4.78, 5) is 35.4. The van der Waals surface area contributed by atoms with Crippen LogP contribution in [0.2, 0.25) is 0 Å². The zero-order chi connectivity index (χ0) is 20.8. The summed E-state index contributed by atoms with van der Waals surface area (Å²) in [7, 11) is 0. The van der Waals surface area contributed by atoms with Crippen molar-refractivity contribution in [1.29, 1.82) is 5.41 Å². The van der Waals surface area contributed by atoms with Crippen LogP contribution in [0.15, 0.2) is 0 Å². The second-order valence-corrected chi connectivity index (χ2v) is 6.02. The molecular formula is C15H31N7O5. The van der Waals surface area contributed by atoms with E-state index in [-0.39, 0.29) is 18.9 Å². The molecular weight excluding hydrogens is 358 g/mol. The molecule has 12 N–H and O–H groups in total. The first kappa shape index (κ1) is 24.6. The van der Waals surface area contributed by atoms with E-state index >= 15 is 0 Å². The van der Waals surface area contributed by atoms with Gasteiger partial charge in [0, 0.05) is 6.54 Å². The van der Waals surface area contributed by atoms with Gasteiger partial charge in [-0.25, -0.2) is 4.79 Å². The summed E-state index contributed by atoms with van der Waals surface area (Å²) in [5.41, 5.74) is 16.2. The number of hydrogen-bond donors (Lipinski definition) is 9. The Morgan fingerprint density at radius 2 is 1.63 bits per heavy atom. The maximum Gasteiger partial charge on any atom is 0.326 e. The van der Waals surface area contributed by atoms with Crippen LogP contribution in [0.4, 0.5) is 0 Å². The lowest BCUT2D eigenvalue weighted by Gasteiger charge is -2.21. The molecule has 0 aromatic carbocycles. The minimum atomic E-state index is -1.31. The van der Waals surface area contributed by atoms with Crippen LogP contribution in [0.5, 0.6) is 0 Å². The van der Waals surface area contributed by atoms with Gasteiger partial charge in [-0.1, -0.05) is 6.42 Å². The molecule has 0 saturated heterocycles. The second kappa shape index (κ2) is 13.7. The molecule has 0 fully saturated rings. The zero-order valence-electron chi connectivity index (χ0n) is 15.2. The Balaban J connectivity index is 4.57. The molecule has 0 aromatic heterocycles. The molecule has 0 aliphatic heterocycles. The van der Waals surface area contributed by atoms with Crippen molar-refractivity contribution in [3.8, 4) is 0 Å². The van der Waals surface area contributed by atoms with Gasteiger partial charge in [-0.15, -0.1) is 0 Å². The number of carboxylic acids is 1. The van der Waals surface area contributed by atoms with Gasteiger partial charge in [0.15, 0.2) is 5.96 Å². The van der Waals surface area contributed by atoms with Crippen LogP contribution < -0.4 is 33.2 Å². The third-order valence-corrected chi connectivity index (χ3v) is 3.72. The van der Waals surface area contributed by atoms with Gasteiger partial charge in [-0.2, -0.15) is 0 Å². The lowest BCUT2D eigenvalue weighted by molar-refractivity contribution is -0.142. The molecule has 0 unspecified atom stereocenters. The van der Waals surface area contributed by atoms with E-state index < -0.39 is 42.5 Å². The average Bonchev–Trinajstić information content (AvgIpc) is 2.61. The first-order valence-corrected chi connectivity index (χ1v) is 8.70. The number of unbranched alkanes of at least 4 members (excludes halogenated alkanes) is 1. The highest BCUT2D eigenvalue weighted by Crippen LogP contribution is 2.01. The summed E-state index contributed by atoms with van der Waals surface area (Å²) >= 11 is 0. The summed E-state index contributed by atoms with van der Waals surface area (Å²) in [5.74, 6) is -2.94. The van der Waals surface area contributed by atoms with Gasteiger partial charge in [0.2, 0.25) is 11.8 Å². The van der Waals surface area contributed by atoms with Crippen LogP contribution >= 0.6 is 0 Å². The normalized spacial score (nSPS) is 13.9. The number of aliphatic hydroxyl groups is 1. The molecule has 12 nitrogen and oxygen atoms in total. The molecule has 0 saturated carbocycles. The van der Waals surface area contributed by atoms with Gasteiger partial charge in [0.1, 0.15) is 12.1 Å². The van der Waals surface area contributed by atoms with Crippen molar-refractivity contribution < 1.29 is 24.6 Å². The van der Waals surface area contributed by atoms with Gasteiger partial charge < -0.3 is 43.4 Å². The first-order chi connectivity index (χ1) is 12.7. The molecule has 2 amide bonds. The van der Waals surface area contributed by atoms with Crippen molar-refractivity contribution in [2.45, 2.75) is 50.2 Å². The van der Waals surface area contributed by atoms with Crippen molar-refractivity contribution in [3.05, 3.63) is 0 Å². The number of aliphatic carboxylic acids is 1. The Hall–Kier alpha value is -2.44. The molecule has 0 aliphatic rings. The predicted molar refractivity (Wildman–Crippen MR) is 98.6 cm³/mol. The fraction of sp³-hybridized carbons (Fsp3) is 0.733. The maximum absolute atomic E-state index is 12.2. The Labute approximate surface area is 157 Å². The molecule has 0 bridgehead atoms. The highest BCUT2D eigenvalue weighted by molar-refractivity contribution is 5.91. The van der Waals surface area contributed by atoms with E-state index in [9.17, 15) is 24.6 Å². The van der Waals surface area contributed by atoms with Crippen molar-refractivity contribution >= 4 is 23.7 Å². The van der Waals surface area contributed by atoms with Gasteiger partial charge >= 0.3 is 5.97 Å². The third-order valence-electron chi connectivity index (χ3n) is 3.72. The number of nitrogens with two attached hydrogens (primary N) is 3. The topological polar surface area (TPSA) is 230 Å². The number of nitrogens with one attached hydrogen (secondary N) is 4. The van der Waals surface area contributed by atoms with Crippen LogP contribution in [0.1, 0.15) is 32.1 Å². The fourth-order valence-corrected chi connectivity index (χ4v) is 2.17. The molecule has 0 heterocycles. The molecule has 0 radical (unpaired) electrons. The monoisotopic (exact) mass is 389 g/mol.